The summed E-state index contributed by atoms with van der Waals surface area (Å²) in [7, 11) is 2.12. The van der Waals surface area contributed by atoms with Gasteiger partial charge in [0.25, 0.3) is 0 Å². The highest BCUT2D eigenvalue weighted by Crippen LogP contribution is 2.34. The van der Waals surface area contributed by atoms with Crippen LogP contribution in [-0.2, 0) is 4.84 Å². The fourth-order valence-corrected chi connectivity index (χ4v) is 1.97. The first-order chi connectivity index (χ1) is 6.22. The summed E-state index contributed by atoms with van der Waals surface area (Å²) in [5.74, 6) is 5.11. The van der Waals surface area contributed by atoms with Crippen molar-refractivity contribution in [1.82, 2.24) is 4.90 Å². The van der Waals surface area contributed by atoms with Crippen molar-refractivity contribution in [1.29, 1.82) is 0 Å². The van der Waals surface area contributed by atoms with Crippen molar-refractivity contribution in [3.05, 3.63) is 0 Å². The number of hydrogen-bond acceptors (Lipinski definition) is 4. The van der Waals surface area contributed by atoms with Crippen LogP contribution in [0.3, 0.4) is 0 Å². The van der Waals surface area contributed by atoms with Crippen LogP contribution < -0.4 is 5.90 Å². The fourth-order valence-electron chi connectivity index (χ4n) is 1.97. The summed E-state index contributed by atoms with van der Waals surface area (Å²) < 4.78 is 0. The van der Waals surface area contributed by atoms with Crippen LogP contribution in [0.25, 0.3) is 0 Å². The largest absolute Gasteiger partial charge is 0.396 e. The Bertz CT molecular complexity index is 137. The quantitative estimate of drug-likeness (QED) is 0.608. The number of rotatable bonds is 4. The summed E-state index contributed by atoms with van der Waals surface area (Å²) >= 11 is 0. The molecule has 0 saturated carbocycles. The van der Waals surface area contributed by atoms with Crippen molar-refractivity contribution in [2.75, 3.05) is 33.4 Å². The molecule has 0 aromatic rings. The van der Waals surface area contributed by atoms with Gasteiger partial charge in [0.1, 0.15) is 0 Å². The van der Waals surface area contributed by atoms with Crippen molar-refractivity contribution in [2.24, 2.45) is 11.3 Å². The molecule has 0 bridgehead atoms. The molecule has 4 heteroatoms. The fraction of sp³-hybridized carbons (Fsp3) is 1.00. The summed E-state index contributed by atoms with van der Waals surface area (Å²) in [6.45, 7) is 2.95. The molecule has 1 fully saturated rings. The Kier molecular flexibility index (Phi) is 4.12. The molecule has 13 heavy (non-hydrogen) atoms. The molecule has 0 spiro atoms. The average molecular weight is 188 g/mol. The number of piperidine rings is 1. The van der Waals surface area contributed by atoms with E-state index in [9.17, 15) is 0 Å². The third-order valence-corrected chi connectivity index (χ3v) is 3.08. The van der Waals surface area contributed by atoms with Crippen LogP contribution in [0, 0.1) is 5.41 Å². The van der Waals surface area contributed by atoms with Crippen molar-refractivity contribution >= 4 is 0 Å². The molecule has 0 radical (unpaired) electrons. The molecule has 0 aliphatic carbocycles. The standard InChI is InChI=1S/C9H20N2O2/c1-11-5-2-9(3-6-11,4-7-12)8-13-10/h12H,2-8,10H2,1H3. The van der Waals surface area contributed by atoms with Gasteiger partial charge in [-0.1, -0.05) is 0 Å². The van der Waals surface area contributed by atoms with Gasteiger partial charge in [0.15, 0.2) is 0 Å². The Hall–Kier alpha value is -0.160. The third kappa shape index (κ3) is 2.91. The summed E-state index contributed by atoms with van der Waals surface area (Å²) in [6, 6.07) is 0. The van der Waals surface area contributed by atoms with Gasteiger partial charge in [-0.2, -0.15) is 0 Å². The smallest absolute Gasteiger partial charge is 0.0737 e. The van der Waals surface area contributed by atoms with Gasteiger partial charge >= 0.3 is 0 Å². The Balaban J connectivity index is 2.47. The lowest BCUT2D eigenvalue weighted by Gasteiger charge is -2.39. The van der Waals surface area contributed by atoms with E-state index in [1.54, 1.807) is 0 Å². The molecule has 4 nitrogen and oxygen atoms in total. The minimum absolute atomic E-state index is 0.121. The molecule has 0 aromatic heterocycles. The van der Waals surface area contributed by atoms with Crippen LogP contribution in [0.5, 0.6) is 0 Å². The second kappa shape index (κ2) is 4.91. The molecule has 1 rings (SSSR count). The normalized spacial score (nSPS) is 23.3. The average Bonchev–Trinajstić information content (AvgIpc) is 2.11. The van der Waals surface area contributed by atoms with Crippen molar-refractivity contribution in [3.63, 3.8) is 0 Å². The molecule has 3 N–H and O–H groups in total. The van der Waals surface area contributed by atoms with E-state index in [-0.39, 0.29) is 12.0 Å². The maximum Gasteiger partial charge on any atom is 0.0737 e. The topological polar surface area (TPSA) is 58.7 Å². The number of nitrogens with zero attached hydrogens (tertiary/aromatic N) is 1. The van der Waals surface area contributed by atoms with Crippen molar-refractivity contribution in [2.45, 2.75) is 19.3 Å². The van der Waals surface area contributed by atoms with Gasteiger partial charge in [-0.15, -0.1) is 0 Å². The maximum absolute atomic E-state index is 8.97. The zero-order valence-electron chi connectivity index (χ0n) is 8.33. The van der Waals surface area contributed by atoms with Crippen molar-refractivity contribution < 1.29 is 9.94 Å². The van der Waals surface area contributed by atoms with Crippen LogP contribution in [0.15, 0.2) is 0 Å². The molecule has 78 valence electrons. The van der Waals surface area contributed by atoms with Gasteiger partial charge in [0.2, 0.25) is 0 Å². The van der Waals surface area contributed by atoms with Gasteiger partial charge in [-0.05, 0) is 39.4 Å². The first-order valence-corrected chi connectivity index (χ1v) is 4.83. The zero-order chi connectivity index (χ0) is 9.73. The SMILES string of the molecule is CN1CCC(CCO)(CON)CC1. The second-order valence-corrected chi connectivity index (χ2v) is 4.09. The monoisotopic (exact) mass is 188 g/mol. The summed E-state index contributed by atoms with van der Waals surface area (Å²) in [5.41, 5.74) is 0.121. The Morgan fingerprint density at radius 1 is 1.46 bits per heavy atom. The van der Waals surface area contributed by atoms with Gasteiger partial charge < -0.3 is 14.8 Å². The van der Waals surface area contributed by atoms with Gasteiger partial charge in [0, 0.05) is 12.0 Å². The molecular weight excluding hydrogens is 168 g/mol. The molecule has 0 atom stereocenters. The molecule has 0 unspecified atom stereocenters. The number of nitrogens with two attached hydrogens (primary N) is 1. The molecule has 0 aromatic carbocycles. The van der Waals surface area contributed by atoms with Crippen LogP contribution >= 0.6 is 0 Å². The Labute approximate surface area is 79.6 Å². The van der Waals surface area contributed by atoms with E-state index in [0.29, 0.717) is 6.61 Å². The number of aliphatic hydroxyl groups is 1. The predicted molar refractivity (Wildman–Crippen MR) is 51.0 cm³/mol. The minimum atomic E-state index is 0.121. The Morgan fingerprint density at radius 2 is 2.08 bits per heavy atom. The highest BCUT2D eigenvalue weighted by atomic mass is 16.6. The second-order valence-electron chi connectivity index (χ2n) is 4.09. The predicted octanol–water partition coefficient (Wildman–Crippen LogP) is -0.0289. The summed E-state index contributed by atoms with van der Waals surface area (Å²) in [6.07, 6.45) is 2.94. The lowest BCUT2D eigenvalue weighted by molar-refractivity contribution is -0.0101. The van der Waals surface area contributed by atoms with Crippen molar-refractivity contribution in [3.8, 4) is 0 Å². The van der Waals surface area contributed by atoms with E-state index in [2.05, 4.69) is 11.9 Å². The Morgan fingerprint density at radius 3 is 2.54 bits per heavy atom. The third-order valence-electron chi connectivity index (χ3n) is 3.08. The van der Waals surface area contributed by atoms with Gasteiger partial charge in [-0.25, -0.2) is 5.90 Å². The van der Waals surface area contributed by atoms with Crippen LogP contribution in [-0.4, -0.2) is 43.4 Å². The van der Waals surface area contributed by atoms with E-state index in [1.807, 2.05) is 0 Å². The molecule has 1 aliphatic rings. The first-order valence-electron chi connectivity index (χ1n) is 4.83. The highest BCUT2D eigenvalue weighted by Gasteiger charge is 2.33. The molecule has 1 heterocycles. The highest BCUT2D eigenvalue weighted by molar-refractivity contribution is 4.84. The van der Waals surface area contributed by atoms with Crippen LogP contribution in [0.1, 0.15) is 19.3 Å². The van der Waals surface area contributed by atoms with E-state index >= 15 is 0 Å². The minimum Gasteiger partial charge on any atom is -0.396 e. The molecule has 1 saturated heterocycles. The first kappa shape index (κ1) is 10.9. The molecular formula is C9H20N2O2. The molecule has 0 amide bonds. The maximum atomic E-state index is 8.97. The van der Waals surface area contributed by atoms with E-state index in [1.165, 1.54) is 0 Å². The molecule has 1 aliphatic heterocycles. The van der Waals surface area contributed by atoms with Gasteiger partial charge in [-0.3, -0.25) is 0 Å². The number of aliphatic hydroxyl groups excluding tert-OH is 1. The van der Waals surface area contributed by atoms with E-state index in [0.717, 1.165) is 32.4 Å². The van der Waals surface area contributed by atoms with E-state index < -0.39 is 0 Å². The van der Waals surface area contributed by atoms with Crippen LogP contribution in [0.4, 0.5) is 0 Å². The zero-order valence-corrected chi connectivity index (χ0v) is 8.33. The van der Waals surface area contributed by atoms with Crippen LogP contribution in [0.2, 0.25) is 0 Å². The van der Waals surface area contributed by atoms with E-state index in [4.69, 9.17) is 15.8 Å². The van der Waals surface area contributed by atoms with Gasteiger partial charge in [0.05, 0.1) is 6.61 Å². The lowest BCUT2D eigenvalue weighted by atomic mass is 9.77. The number of likely N-dealkylation sites (tertiary alicyclic amines) is 1. The summed E-state index contributed by atoms with van der Waals surface area (Å²) in [4.78, 5) is 7.04. The lowest BCUT2D eigenvalue weighted by Crippen LogP contribution is -2.41. The summed E-state index contributed by atoms with van der Waals surface area (Å²) in [5, 5.41) is 8.97. The number of hydrogen-bond donors (Lipinski definition) is 2.